The zero-order valence-corrected chi connectivity index (χ0v) is 9.59. The van der Waals surface area contributed by atoms with E-state index >= 15 is 0 Å². The van der Waals surface area contributed by atoms with Crippen molar-refractivity contribution in [1.29, 1.82) is 0 Å². The van der Waals surface area contributed by atoms with Crippen LogP contribution in [0.2, 0.25) is 0 Å². The molecule has 0 bridgehead atoms. The third kappa shape index (κ3) is 2.15. The Morgan fingerprint density at radius 1 is 1.11 bits per heavy atom. The number of fused-ring (bicyclic) bond motifs is 1. The molecule has 2 aliphatic heterocycles. The molecule has 0 radical (unpaired) electrons. The van der Waals surface area contributed by atoms with Gasteiger partial charge in [0.25, 0.3) is 0 Å². The first-order chi connectivity index (χ1) is 8.40. The van der Waals surface area contributed by atoms with Gasteiger partial charge in [-0.15, -0.1) is 0 Å². The molecule has 7 atom stereocenters. The molecule has 0 aromatic carbocycles. The number of hydrogen-bond donors (Lipinski definition) is 6. The van der Waals surface area contributed by atoms with Crippen molar-refractivity contribution in [2.45, 2.75) is 48.8 Å². The van der Waals surface area contributed by atoms with E-state index in [2.05, 4.69) is 0 Å². The van der Waals surface area contributed by atoms with Gasteiger partial charge in [0.1, 0.15) is 30.0 Å². The van der Waals surface area contributed by atoms with Gasteiger partial charge in [-0.1, -0.05) is 0 Å². The summed E-state index contributed by atoms with van der Waals surface area (Å²) in [7, 11) is 0. The van der Waals surface area contributed by atoms with Crippen molar-refractivity contribution in [2.75, 3.05) is 13.2 Å². The Hall–Kier alpha value is -0.320. The Morgan fingerprint density at radius 2 is 1.78 bits per heavy atom. The summed E-state index contributed by atoms with van der Waals surface area (Å²) in [5.74, 6) is 0. The van der Waals surface area contributed by atoms with Gasteiger partial charge in [0.2, 0.25) is 0 Å². The summed E-state index contributed by atoms with van der Waals surface area (Å²) in [6, 6.07) is 0. The van der Waals surface area contributed by atoms with Crippen LogP contribution in [0.4, 0.5) is 0 Å². The lowest BCUT2D eigenvalue weighted by molar-refractivity contribution is -0.339. The molecule has 0 aliphatic carbocycles. The lowest BCUT2D eigenvalue weighted by Crippen LogP contribution is -2.67. The van der Waals surface area contributed by atoms with Gasteiger partial charge in [0.05, 0.1) is 19.3 Å². The fraction of sp³-hybridized carbons (Fsp3) is 1.00. The summed E-state index contributed by atoms with van der Waals surface area (Å²) in [5, 5.41) is 57.9. The molecule has 2 saturated heterocycles. The van der Waals surface area contributed by atoms with Crippen molar-refractivity contribution in [1.82, 2.24) is 0 Å². The van der Waals surface area contributed by atoms with E-state index in [0.717, 1.165) is 0 Å². The van der Waals surface area contributed by atoms with Crippen LogP contribution in [0.15, 0.2) is 0 Å². The van der Waals surface area contributed by atoms with Gasteiger partial charge in [-0.05, 0) is 0 Å². The Morgan fingerprint density at radius 3 is 2.39 bits per heavy atom. The molecule has 0 aromatic rings. The van der Waals surface area contributed by atoms with Gasteiger partial charge in [-0.3, -0.25) is 0 Å². The first-order valence-electron chi connectivity index (χ1n) is 5.72. The number of aliphatic hydroxyl groups excluding tert-OH is 5. The zero-order chi connectivity index (χ0) is 13.5. The summed E-state index contributed by atoms with van der Waals surface area (Å²) >= 11 is 0. The van der Waals surface area contributed by atoms with Crippen LogP contribution in [0.1, 0.15) is 6.42 Å². The standard InChI is InChI=1S/C10H18O8/c11-2-6-7(14)8(15)10(16)1-4(12)5(13)3-17-9(10)18-6/h4-9,11-16H,1-3H2/t4-,5+,6+,7-,8-,9-,10+/m0/s1. The largest absolute Gasteiger partial charge is 0.394 e. The van der Waals surface area contributed by atoms with Crippen LogP contribution in [0.25, 0.3) is 0 Å². The Balaban J connectivity index is 2.25. The molecule has 2 aliphatic rings. The molecule has 0 aromatic heterocycles. The van der Waals surface area contributed by atoms with Crippen molar-refractivity contribution in [3.8, 4) is 0 Å². The first kappa shape index (κ1) is 14.1. The van der Waals surface area contributed by atoms with E-state index < -0.39 is 55.4 Å². The maximum atomic E-state index is 10.3. The average Bonchev–Trinajstić information content (AvgIpc) is 2.44. The van der Waals surface area contributed by atoms with E-state index in [1.54, 1.807) is 0 Å². The molecule has 2 fully saturated rings. The SMILES string of the molecule is OC[C@H]1O[C@@H]2OC[C@@H](O)[C@@H](O)C[C@@]2(O)[C@@H](O)[C@H]1O. The number of rotatable bonds is 1. The van der Waals surface area contributed by atoms with Crippen LogP contribution in [0.5, 0.6) is 0 Å². The van der Waals surface area contributed by atoms with Crippen molar-refractivity contribution in [3.63, 3.8) is 0 Å². The Kier molecular flexibility index (Phi) is 3.90. The summed E-state index contributed by atoms with van der Waals surface area (Å²) in [5.41, 5.74) is -2.04. The van der Waals surface area contributed by atoms with Gasteiger partial charge in [-0.2, -0.15) is 0 Å². The van der Waals surface area contributed by atoms with E-state index in [4.69, 9.17) is 14.6 Å². The maximum absolute atomic E-state index is 10.3. The lowest BCUT2D eigenvalue weighted by Gasteiger charge is -2.47. The van der Waals surface area contributed by atoms with E-state index in [1.165, 1.54) is 0 Å². The molecular weight excluding hydrogens is 248 g/mol. The minimum absolute atomic E-state index is 0.283. The van der Waals surface area contributed by atoms with Crippen molar-refractivity contribution in [3.05, 3.63) is 0 Å². The van der Waals surface area contributed by atoms with Crippen molar-refractivity contribution >= 4 is 0 Å². The smallest absolute Gasteiger partial charge is 0.189 e. The normalized spacial score (nSPS) is 53.7. The zero-order valence-electron chi connectivity index (χ0n) is 9.59. The highest BCUT2D eigenvalue weighted by atomic mass is 16.7. The second kappa shape index (κ2) is 4.99. The Labute approximate surface area is 103 Å². The molecule has 2 rings (SSSR count). The highest BCUT2D eigenvalue weighted by molar-refractivity contribution is 5.03. The lowest BCUT2D eigenvalue weighted by atomic mass is 9.82. The summed E-state index contributed by atoms with van der Waals surface area (Å²) < 4.78 is 10.2. The van der Waals surface area contributed by atoms with E-state index in [9.17, 15) is 25.5 Å². The molecule has 6 N–H and O–H groups in total. The van der Waals surface area contributed by atoms with Gasteiger partial charge < -0.3 is 40.1 Å². The van der Waals surface area contributed by atoms with Crippen LogP contribution >= 0.6 is 0 Å². The van der Waals surface area contributed by atoms with Crippen LogP contribution in [-0.2, 0) is 9.47 Å². The molecule has 0 spiro atoms. The molecule has 106 valence electrons. The maximum Gasteiger partial charge on any atom is 0.189 e. The molecule has 8 nitrogen and oxygen atoms in total. The highest BCUT2D eigenvalue weighted by Gasteiger charge is 2.57. The van der Waals surface area contributed by atoms with Crippen molar-refractivity contribution in [2.24, 2.45) is 0 Å². The number of hydrogen-bond acceptors (Lipinski definition) is 8. The summed E-state index contributed by atoms with van der Waals surface area (Å²) in [6.07, 6.45) is -8.54. The molecular formula is C10H18O8. The highest BCUT2D eigenvalue weighted by Crippen LogP contribution is 2.36. The minimum Gasteiger partial charge on any atom is -0.394 e. The first-order valence-corrected chi connectivity index (χ1v) is 5.72. The third-order valence-corrected chi connectivity index (χ3v) is 3.50. The molecule has 0 amide bonds. The van der Waals surface area contributed by atoms with Crippen LogP contribution in [-0.4, -0.2) is 86.3 Å². The van der Waals surface area contributed by atoms with E-state index in [-0.39, 0.29) is 6.61 Å². The second-order valence-electron chi connectivity index (χ2n) is 4.79. The van der Waals surface area contributed by atoms with Gasteiger partial charge in [0, 0.05) is 6.42 Å². The predicted octanol–water partition coefficient (Wildman–Crippen LogP) is -3.70. The van der Waals surface area contributed by atoms with Gasteiger partial charge in [-0.25, -0.2) is 0 Å². The second-order valence-corrected chi connectivity index (χ2v) is 4.79. The summed E-state index contributed by atoms with van der Waals surface area (Å²) in [6.45, 7) is -0.839. The Bertz CT molecular complexity index is 300. The molecule has 2 heterocycles. The number of aliphatic hydroxyl groups is 6. The third-order valence-electron chi connectivity index (χ3n) is 3.50. The van der Waals surface area contributed by atoms with E-state index in [0.29, 0.717) is 0 Å². The fourth-order valence-corrected chi connectivity index (χ4v) is 2.32. The minimum atomic E-state index is -2.04. The molecule has 18 heavy (non-hydrogen) atoms. The monoisotopic (exact) mass is 266 g/mol. The quantitative estimate of drug-likeness (QED) is 0.285. The molecule has 0 unspecified atom stereocenters. The van der Waals surface area contributed by atoms with Crippen molar-refractivity contribution < 1.29 is 40.1 Å². The molecule has 0 saturated carbocycles. The van der Waals surface area contributed by atoms with Crippen LogP contribution in [0, 0.1) is 0 Å². The number of ether oxygens (including phenoxy) is 2. The average molecular weight is 266 g/mol. The van der Waals surface area contributed by atoms with Crippen LogP contribution in [0.3, 0.4) is 0 Å². The molecule has 8 heteroatoms. The summed E-state index contributed by atoms with van der Waals surface area (Å²) in [4.78, 5) is 0. The van der Waals surface area contributed by atoms with Gasteiger partial charge in [0.15, 0.2) is 6.29 Å². The fourth-order valence-electron chi connectivity index (χ4n) is 2.32. The predicted molar refractivity (Wildman–Crippen MR) is 55.3 cm³/mol. The van der Waals surface area contributed by atoms with E-state index in [1.807, 2.05) is 0 Å². The van der Waals surface area contributed by atoms with Crippen LogP contribution < -0.4 is 0 Å². The van der Waals surface area contributed by atoms with Gasteiger partial charge >= 0.3 is 0 Å². The topological polar surface area (TPSA) is 140 Å².